The van der Waals surface area contributed by atoms with E-state index in [2.05, 4.69) is 21.2 Å². The van der Waals surface area contributed by atoms with E-state index < -0.39 is 10.0 Å². The molecule has 0 saturated heterocycles. The average Bonchev–Trinajstić information content (AvgIpc) is 2.75. The van der Waals surface area contributed by atoms with Crippen molar-refractivity contribution >= 4 is 43.5 Å². The zero-order valence-electron chi connectivity index (χ0n) is 16.8. The summed E-state index contributed by atoms with van der Waals surface area (Å²) in [5.74, 6) is -0.383. The van der Waals surface area contributed by atoms with Gasteiger partial charge in [0, 0.05) is 16.0 Å². The molecular formula is C23H22BrClN2O3S. The molecule has 1 N–H and O–H groups in total. The number of carbonyl (C=O) groups is 1. The maximum Gasteiger partial charge on any atom is 0.243 e. The van der Waals surface area contributed by atoms with Gasteiger partial charge in [-0.1, -0.05) is 70.0 Å². The quantitative estimate of drug-likeness (QED) is 0.445. The Morgan fingerprint density at radius 3 is 2.23 bits per heavy atom. The second-order valence-corrected chi connectivity index (χ2v) is 10.3. The van der Waals surface area contributed by atoms with Gasteiger partial charge in [-0.3, -0.25) is 4.79 Å². The van der Waals surface area contributed by atoms with Crippen LogP contribution in [0.5, 0.6) is 0 Å². The molecule has 3 aromatic carbocycles. The highest BCUT2D eigenvalue weighted by Gasteiger charge is 2.27. The first-order valence-corrected chi connectivity index (χ1v) is 12.2. The van der Waals surface area contributed by atoms with Crippen molar-refractivity contribution in [2.75, 3.05) is 6.54 Å². The standard InChI is InChI=1S/C23H22BrClN2O3S/c1-17(19-5-3-2-4-6-19)26-23(28)16-27(15-18-7-9-20(24)10-8-18)31(29,30)22-13-11-21(25)12-14-22/h2-14,17H,15-16H2,1H3,(H,26,28)/t17-/m1/s1. The van der Waals surface area contributed by atoms with E-state index in [1.165, 1.54) is 28.6 Å². The molecule has 0 aliphatic carbocycles. The molecule has 1 atom stereocenters. The summed E-state index contributed by atoms with van der Waals surface area (Å²) in [6.45, 7) is 1.61. The fraction of sp³-hybridized carbons (Fsp3) is 0.174. The number of hydrogen-bond donors (Lipinski definition) is 1. The van der Waals surface area contributed by atoms with Crippen LogP contribution < -0.4 is 5.32 Å². The molecule has 0 spiro atoms. The summed E-state index contributed by atoms with van der Waals surface area (Å²) in [6, 6.07) is 22.5. The van der Waals surface area contributed by atoms with E-state index in [-0.39, 0.29) is 29.9 Å². The lowest BCUT2D eigenvalue weighted by atomic mass is 10.1. The summed E-state index contributed by atoms with van der Waals surface area (Å²) in [7, 11) is -3.92. The molecule has 31 heavy (non-hydrogen) atoms. The fourth-order valence-corrected chi connectivity index (χ4v) is 4.82. The Morgan fingerprint density at radius 2 is 1.61 bits per heavy atom. The molecule has 5 nitrogen and oxygen atoms in total. The molecule has 0 aromatic heterocycles. The maximum atomic E-state index is 13.3. The van der Waals surface area contributed by atoms with Gasteiger partial charge in [0.25, 0.3) is 0 Å². The minimum absolute atomic E-state index is 0.0609. The van der Waals surface area contributed by atoms with Crippen molar-refractivity contribution in [3.05, 3.63) is 99.5 Å². The minimum atomic E-state index is -3.92. The third-order valence-corrected chi connectivity index (χ3v) is 7.31. The molecule has 0 heterocycles. The molecule has 8 heteroatoms. The van der Waals surface area contributed by atoms with Crippen molar-refractivity contribution in [3.8, 4) is 0 Å². The lowest BCUT2D eigenvalue weighted by Gasteiger charge is -2.23. The molecule has 3 rings (SSSR count). The lowest BCUT2D eigenvalue weighted by molar-refractivity contribution is -0.122. The third-order valence-electron chi connectivity index (χ3n) is 4.72. The van der Waals surface area contributed by atoms with E-state index in [9.17, 15) is 13.2 Å². The van der Waals surface area contributed by atoms with Gasteiger partial charge in [-0.15, -0.1) is 0 Å². The van der Waals surface area contributed by atoms with Crippen LogP contribution >= 0.6 is 27.5 Å². The van der Waals surface area contributed by atoms with E-state index in [4.69, 9.17) is 11.6 Å². The van der Waals surface area contributed by atoms with Crippen LogP contribution in [-0.4, -0.2) is 25.2 Å². The molecular weight excluding hydrogens is 500 g/mol. The van der Waals surface area contributed by atoms with Gasteiger partial charge in [0.05, 0.1) is 17.5 Å². The second kappa shape index (κ2) is 10.4. The zero-order chi connectivity index (χ0) is 22.4. The third kappa shape index (κ3) is 6.40. The summed E-state index contributed by atoms with van der Waals surface area (Å²) in [5, 5.41) is 3.32. The highest BCUT2D eigenvalue weighted by molar-refractivity contribution is 9.10. The Hall–Kier alpha value is -2.19. The van der Waals surface area contributed by atoms with E-state index in [1.807, 2.05) is 61.5 Å². The van der Waals surface area contributed by atoms with Crippen molar-refractivity contribution in [2.45, 2.75) is 24.4 Å². The van der Waals surface area contributed by atoms with Gasteiger partial charge in [-0.25, -0.2) is 8.42 Å². The molecule has 162 valence electrons. The van der Waals surface area contributed by atoms with Crippen LogP contribution in [0.15, 0.2) is 88.2 Å². The minimum Gasteiger partial charge on any atom is -0.348 e. The number of nitrogens with zero attached hydrogens (tertiary/aromatic N) is 1. The Morgan fingerprint density at radius 1 is 1.00 bits per heavy atom. The number of nitrogens with one attached hydrogen (secondary N) is 1. The van der Waals surface area contributed by atoms with E-state index in [1.54, 1.807) is 0 Å². The van der Waals surface area contributed by atoms with Gasteiger partial charge >= 0.3 is 0 Å². The van der Waals surface area contributed by atoms with Gasteiger partial charge < -0.3 is 5.32 Å². The highest BCUT2D eigenvalue weighted by atomic mass is 79.9. The maximum absolute atomic E-state index is 13.3. The number of halogens is 2. The van der Waals surface area contributed by atoms with Gasteiger partial charge in [0.1, 0.15) is 0 Å². The Kier molecular flexibility index (Phi) is 7.89. The highest BCUT2D eigenvalue weighted by Crippen LogP contribution is 2.21. The molecule has 0 radical (unpaired) electrons. The smallest absolute Gasteiger partial charge is 0.243 e. The molecule has 0 saturated carbocycles. The topological polar surface area (TPSA) is 66.5 Å². The SMILES string of the molecule is C[C@@H](NC(=O)CN(Cc1ccc(Br)cc1)S(=O)(=O)c1ccc(Cl)cc1)c1ccccc1. The number of carbonyl (C=O) groups excluding carboxylic acids is 1. The summed E-state index contributed by atoms with van der Waals surface area (Å²) in [6.07, 6.45) is 0. The Labute approximate surface area is 196 Å². The van der Waals surface area contributed by atoms with Crippen LogP contribution in [0.3, 0.4) is 0 Å². The van der Waals surface area contributed by atoms with E-state index in [0.717, 1.165) is 15.6 Å². The second-order valence-electron chi connectivity index (χ2n) is 7.05. The number of hydrogen-bond acceptors (Lipinski definition) is 3. The largest absolute Gasteiger partial charge is 0.348 e. The summed E-state index contributed by atoms with van der Waals surface area (Å²) < 4.78 is 28.7. The molecule has 3 aromatic rings. The van der Waals surface area contributed by atoms with Crippen LogP contribution in [0.2, 0.25) is 5.02 Å². The van der Waals surface area contributed by atoms with Gasteiger partial charge in [0.2, 0.25) is 15.9 Å². The van der Waals surface area contributed by atoms with Crippen molar-refractivity contribution in [1.82, 2.24) is 9.62 Å². The van der Waals surface area contributed by atoms with Crippen molar-refractivity contribution < 1.29 is 13.2 Å². The predicted octanol–water partition coefficient (Wildman–Crippen LogP) is 5.17. The van der Waals surface area contributed by atoms with E-state index >= 15 is 0 Å². The molecule has 1 amide bonds. The summed E-state index contributed by atoms with van der Waals surface area (Å²) in [4.78, 5) is 12.8. The van der Waals surface area contributed by atoms with Crippen molar-refractivity contribution in [2.24, 2.45) is 0 Å². The van der Waals surface area contributed by atoms with Gasteiger partial charge in [0.15, 0.2) is 0 Å². The van der Waals surface area contributed by atoms with Crippen LogP contribution in [-0.2, 0) is 21.4 Å². The predicted molar refractivity (Wildman–Crippen MR) is 126 cm³/mol. The van der Waals surface area contributed by atoms with Crippen LogP contribution in [0.25, 0.3) is 0 Å². The van der Waals surface area contributed by atoms with Crippen molar-refractivity contribution in [3.63, 3.8) is 0 Å². The number of sulfonamides is 1. The number of amides is 1. The Bertz CT molecular complexity index is 1120. The zero-order valence-corrected chi connectivity index (χ0v) is 20.0. The van der Waals surface area contributed by atoms with Crippen LogP contribution in [0, 0.1) is 0 Å². The molecule has 0 aliphatic rings. The van der Waals surface area contributed by atoms with Crippen molar-refractivity contribution in [1.29, 1.82) is 0 Å². The fourth-order valence-electron chi connectivity index (χ4n) is 3.05. The van der Waals surface area contributed by atoms with Crippen LogP contribution in [0.1, 0.15) is 24.1 Å². The van der Waals surface area contributed by atoms with Gasteiger partial charge in [-0.2, -0.15) is 4.31 Å². The average molecular weight is 522 g/mol. The first-order chi connectivity index (χ1) is 14.8. The lowest BCUT2D eigenvalue weighted by Crippen LogP contribution is -2.41. The molecule has 0 aliphatic heterocycles. The van der Waals surface area contributed by atoms with E-state index in [0.29, 0.717) is 5.02 Å². The number of rotatable bonds is 8. The summed E-state index contributed by atoms with van der Waals surface area (Å²) in [5.41, 5.74) is 1.71. The monoisotopic (exact) mass is 520 g/mol. The first kappa shape index (κ1) is 23.5. The van der Waals surface area contributed by atoms with Gasteiger partial charge in [-0.05, 0) is 54.4 Å². The Balaban J connectivity index is 1.83. The molecule has 0 fully saturated rings. The molecule has 0 bridgehead atoms. The first-order valence-electron chi connectivity index (χ1n) is 9.60. The normalized spacial score (nSPS) is 12.5. The molecule has 0 unspecified atom stereocenters. The number of benzene rings is 3. The summed E-state index contributed by atoms with van der Waals surface area (Å²) >= 11 is 9.28. The van der Waals surface area contributed by atoms with Crippen LogP contribution in [0.4, 0.5) is 0 Å².